The molecule has 1 saturated heterocycles. The Bertz CT molecular complexity index is 1590. The molecule has 234 valence electrons. The first-order valence-corrected chi connectivity index (χ1v) is 16.4. The van der Waals surface area contributed by atoms with Crippen LogP contribution in [0.2, 0.25) is 0 Å². The highest BCUT2D eigenvalue weighted by Gasteiger charge is 2.62. The third-order valence-corrected chi connectivity index (χ3v) is 11.6. The highest BCUT2D eigenvalue weighted by molar-refractivity contribution is 7.96. The number of rotatable bonds is 12. The molecule has 16 heteroatoms. The minimum absolute atomic E-state index is 0.00416. The summed E-state index contributed by atoms with van der Waals surface area (Å²) in [6, 6.07) is 9.13. The summed E-state index contributed by atoms with van der Waals surface area (Å²) in [7, 11) is -10.2. The number of nitrogens with two attached hydrogens (primary N) is 3. The Balaban J connectivity index is 2.40. The number of amides is 3. The molecule has 0 aromatic heterocycles. The maximum atomic E-state index is 14.6. The fraction of sp³-hybridized carbons (Fsp3) is 0.407. The molecule has 8 N–H and O–H groups in total. The first-order valence-electron chi connectivity index (χ1n) is 13.5. The van der Waals surface area contributed by atoms with Crippen LogP contribution in [0.3, 0.4) is 0 Å². The molecule has 43 heavy (non-hydrogen) atoms. The first-order chi connectivity index (χ1) is 20.1. The van der Waals surface area contributed by atoms with Gasteiger partial charge in [-0.3, -0.25) is 19.8 Å². The van der Waals surface area contributed by atoms with E-state index >= 15 is 0 Å². The third-order valence-electron chi connectivity index (χ3n) is 7.29. The van der Waals surface area contributed by atoms with Gasteiger partial charge in [0.05, 0.1) is 16.3 Å². The van der Waals surface area contributed by atoms with Crippen molar-refractivity contribution in [3.05, 3.63) is 59.7 Å². The molecular weight excluding hydrogens is 598 g/mol. The topological polar surface area (TPSA) is 240 Å². The van der Waals surface area contributed by atoms with Crippen LogP contribution in [-0.4, -0.2) is 80.3 Å². The summed E-state index contributed by atoms with van der Waals surface area (Å²) in [5, 5.41) is 9.89. The van der Waals surface area contributed by atoms with Gasteiger partial charge in [-0.15, -0.1) is 0 Å². The Morgan fingerprint density at radius 1 is 0.977 bits per heavy atom. The van der Waals surface area contributed by atoms with Crippen LogP contribution in [-0.2, 0) is 34.2 Å². The summed E-state index contributed by atoms with van der Waals surface area (Å²) >= 11 is 0. The number of guanidine groups is 1. The van der Waals surface area contributed by atoms with Crippen LogP contribution in [0.1, 0.15) is 36.8 Å². The lowest BCUT2D eigenvalue weighted by Gasteiger charge is -2.41. The van der Waals surface area contributed by atoms with E-state index in [9.17, 15) is 31.2 Å². The second kappa shape index (κ2) is 13.1. The quantitative estimate of drug-likeness (QED) is 0.116. The molecule has 3 amide bonds. The molecule has 1 aliphatic rings. The molecule has 3 rings (SSSR count). The number of nitrogens with one attached hydrogen (secondary N) is 2. The first kappa shape index (κ1) is 33.5. The number of carbonyl (C=O) groups excluding carboxylic acids is 3. The number of sulfonamides is 1. The molecule has 14 nitrogen and oxygen atoms in total. The largest absolute Gasteiger partial charge is 0.370 e. The van der Waals surface area contributed by atoms with Gasteiger partial charge in [0, 0.05) is 13.1 Å². The van der Waals surface area contributed by atoms with Crippen molar-refractivity contribution in [2.45, 2.75) is 60.2 Å². The van der Waals surface area contributed by atoms with E-state index in [-0.39, 0.29) is 30.2 Å². The molecule has 0 bridgehead atoms. The minimum Gasteiger partial charge on any atom is -0.370 e. The molecule has 1 fully saturated rings. The van der Waals surface area contributed by atoms with Crippen LogP contribution < -0.4 is 22.5 Å². The monoisotopic (exact) mass is 635 g/mol. The van der Waals surface area contributed by atoms with Crippen molar-refractivity contribution < 1.29 is 31.2 Å². The number of likely N-dealkylation sites (tertiary alicyclic amines) is 1. The van der Waals surface area contributed by atoms with Crippen molar-refractivity contribution >= 4 is 43.5 Å². The predicted molar refractivity (Wildman–Crippen MR) is 158 cm³/mol. The molecule has 1 heterocycles. The van der Waals surface area contributed by atoms with Crippen LogP contribution in [0, 0.1) is 19.3 Å². The van der Waals surface area contributed by atoms with E-state index in [1.807, 2.05) is 0 Å². The van der Waals surface area contributed by atoms with Gasteiger partial charge < -0.3 is 27.4 Å². The average Bonchev–Trinajstić information content (AvgIpc) is 3.44. The van der Waals surface area contributed by atoms with Gasteiger partial charge >= 0.3 is 0 Å². The van der Waals surface area contributed by atoms with Gasteiger partial charge in [-0.05, 0) is 63.8 Å². The Morgan fingerprint density at radius 3 is 2.00 bits per heavy atom. The lowest BCUT2D eigenvalue weighted by atomic mass is 10.1. The Morgan fingerprint density at radius 2 is 1.51 bits per heavy atom. The van der Waals surface area contributed by atoms with E-state index in [0.717, 1.165) is 4.90 Å². The Hall–Kier alpha value is -4.02. The normalized spacial score (nSPS) is 16.7. The summed E-state index contributed by atoms with van der Waals surface area (Å²) in [5.74, 6) is -4.03. The van der Waals surface area contributed by atoms with E-state index in [4.69, 9.17) is 22.6 Å². The van der Waals surface area contributed by atoms with Crippen molar-refractivity contribution in [1.29, 1.82) is 5.41 Å². The number of hydrogen-bond acceptors (Lipinski definition) is 9. The standard InChI is InChI=1S/C27H37N7O7S2/c1-18-6-10-20(11-7-18)42(38,39)27(25(29)37,14-4-15-32-26(30)31)34(43(40,41)21-12-8-19(2)9-13-21)24(36)22-5-3-16-33(22)23(35)17-28/h6-13,22H,3-5,14-17,28H2,1-2H3,(H2,29,37)(H4,30,31,32)/t22-,27+/m0/s1. The molecule has 0 radical (unpaired) electrons. The summed E-state index contributed by atoms with van der Waals surface area (Å²) in [6.07, 6.45) is -0.739. The lowest BCUT2D eigenvalue weighted by molar-refractivity contribution is -0.144. The van der Waals surface area contributed by atoms with Crippen LogP contribution >= 0.6 is 0 Å². The van der Waals surface area contributed by atoms with Crippen LogP contribution in [0.25, 0.3) is 0 Å². The molecular formula is C27H37N7O7S2. The Kier molecular flexibility index (Phi) is 10.2. The smallest absolute Gasteiger partial charge is 0.268 e. The summed E-state index contributed by atoms with van der Waals surface area (Å²) in [4.78, 5) is 37.7. The number of benzene rings is 2. The highest BCUT2D eigenvalue weighted by Crippen LogP contribution is 2.40. The van der Waals surface area contributed by atoms with Gasteiger partial charge in [0.15, 0.2) is 5.96 Å². The van der Waals surface area contributed by atoms with Gasteiger partial charge in [0.2, 0.25) is 20.6 Å². The number of aryl methyl sites for hydroxylation is 2. The molecule has 2 aromatic carbocycles. The Labute approximate surface area is 251 Å². The SMILES string of the molecule is Cc1ccc(S(=O)(=O)N(C(=O)[C@@H]2CCCN2C(=O)CN)[C@@](CCCNC(=N)N)(C(N)=O)S(=O)(=O)c2ccc(C)cc2)cc1. The maximum absolute atomic E-state index is 14.6. The molecule has 0 aliphatic carbocycles. The molecule has 1 aliphatic heterocycles. The maximum Gasteiger partial charge on any atom is 0.268 e. The second-order valence-corrected chi connectivity index (χ2v) is 14.2. The number of carbonyl (C=O) groups is 3. The van der Waals surface area contributed by atoms with Crippen molar-refractivity contribution in [2.24, 2.45) is 17.2 Å². The number of sulfone groups is 1. The van der Waals surface area contributed by atoms with Crippen LogP contribution in [0.15, 0.2) is 58.3 Å². The van der Waals surface area contributed by atoms with Crippen LogP contribution in [0.5, 0.6) is 0 Å². The van der Waals surface area contributed by atoms with E-state index in [1.54, 1.807) is 13.8 Å². The zero-order valence-electron chi connectivity index (χ0n) is 23.9. The molecule has 2 atom stereocenters. The highest BCUT2D eigenvalue weighted by atomic mass is 32.2. The van der Waals surface area contributed by atoms with Gasteiger partial charge in [0.1, 0.15) is 6.04 Å². The summed E-state index contributed by atoms with van der Waals surface area (Å²) in [5.41, 5.74) is 18.1. The summed E-state index contributed by atoms with van der Waals surface area (Å²) < 4.78 is 58.1. The van der Waals surface area contributed by atoms with E-state index in [0.29, 0.717) is 17.5 Å². The fourth-order valence-electron chi connectivity index (χ4n) is 5.05. The molecule has 2 aromatic rings. The van der Waals surface area contributed by atoms with E-state index < -0.39 is 77.2 Å². The molecule has 0 unspecified atom stereocenters. The molecule has 0 saturated carbocycles. The lowest BCUT2D eigenvalue weighted by Crippen LogP contribution is -2.68. The van der Waals surface area contributed by atoms with Gasteiger partial charge in [-0.1, -0.05) is 35.4 Å². The fourth-order valence-corrected chi connectivity index (χ4v) is 9.12. The van der Waals surface area contributed by atoms with Crippen molar-refractivity contribution in [2.75, 3.05) is 19.6 Å². The zero-order chi connectivity index (χ0) is 32.2. The van der Waals surface area contributed by atoms with Crippen LogP contribution in [0.4, 0.5) is 0 Å². The van der Waals surface area contributed by atoms with E-state index in [2.05, 4.69) is 5.32 Å². The van der Waals surface area contributed by atoms with Gasteiger partial charge in [-0.25, -0.2) is 21.1 Å². The van der Waals surface area contributed by atoms with Gasteiger partial charge in [0.25, 0.3) is 21.8 Å². The number of primary amides is 1. The van der Waals surface area contributed by atoms with Crippen molar-refractivity contribution in [3.8, 4) is 0 Å². The minimum atomic E-state index is -5.12. The second-order valence-electron chi connectivity index (χ2n) is 10.3. The third kappa shape index (κ3) is 6.50. The van der Waals surface area contributed by atoms with Gasteiger partial charge in [-0.2, -0.15) is 0 Å². The predicted octanol–water partition coefficient (Wildman–Crippen LogP) is -0.311. The van der Waals surface area contributed by atoms with E-state index in [1.165, 1.54) is 48.5 Å². The zero-order valence-corrected chi connectivity index (χ0v) is 25.6. The van der Waals surface area contributed by atoms with Crippen molar-refractivity contribution in [3.63, 3.8) is 0 Å². The van der Waals surface area contributed by atoms with Crippen molar-refractivity contribution in [1.82, 2.24) is 14.5 Å². The number of hydrogen-bond donors (Lipinski definition) is 5. The summed E-state index contributed by atoms with van der Waals surface area (Å²) in [6.45, 7) is 2.84. The average molecular weight is 636 g/mol. The number of nitrogens with zero attached hydrogens (tertiary/aromatic N) is 2. The molecule has 0 spiro atoms.